The predicted molar refractivity (Wildman–Crippen MR) is 123 cm³/mol. The first-order valence-electron chi connectivity index (χ1n) is 14.0. The molecule has 0 spiro atoms. The summed E-state index contributed by atoms with van der Waals surface area (Å²) in [6, 6.07) is 0. The number of aliphatic hydroxyl groups is 1. The van der Waals surface area contributed by atoms with Crippen molar-refractivity contribution in [3.8, 4) is 0 Å². The SMILES string of the molecule is CCC1CC(CC)C2C3CC(C(C(=O)OCCO)C3C(=O)OC34CC5CC(CC(C5)C3)C4)C12. The molecule has 0 aromatic heterocycles. The number of aliphatic hydroxyl groups excluding tert-OH is 1. The third-order valence-electron chi connectivity index (χ3n) is 11.2. The third-order valence-corrected chi connectivity index (χ3v) is 11.2. The van der Waals surface area contributed by atoms with Gasteiger partial charge in [-0.2, -0.15) is 0 Å². The van der Waals surface area contributed by atoms with Crippen LogP contribution >= 0.6 is 0 Å². The Hall–Kier alpha value is -1.10. The van der Waals surface area contributed by atoms with Crippen LogP contribution in [0.2, 0.25) is 0 Å². The second kappa shape index (κ2) is 8.24. The Morgan fingerprint density at radius 1 is 0.788 bits per heavy atom. The largest absolute Gasteiger partial charge is 0.463 e. The van der Waals surface area contributed by atoms with Crippen molar-refractivity contribution >= 4 is 11.9 Å². The number of carbonyl (C=O) groups excluding carboxylic acids is 2. The summed E-state index contributed by atoms with van der Waals surface area (Å²) in [5, 5.41) is 9.24. The van der Waals surface area contributed by atoms with Crippen molar-refractivity contribution in [2.45, 2.75) is 83.7 Å². The molecule has 7 saturated carbocycles. The first kappa shape index (κ1) is 22.4. The lowest BCUT2D eigenvalue weighted by Crippen LogP contribution is -2.54. The number of ether oxygens (including phenoxy) is 2. The fourth-order valence-corrected chi connectivity index (χ4v) is 10.7. The van der Waals surface area contributed by atoms with E-state index in [4.69, 9.17) is 9.47 Å². The van der Waals surface area contributed by atoms with E-state index in [1.165, 1.54) is 25.7 Å². The smallest absolute Gasteiger partial charge is 0.310 e. The molecule has 0 saturated heterocycles. The van der Waals surface area contributed by atoms with Crippen LogP contribution in [0.15, 0.2) is 0 Å². The second-order valence-electron chi connectivity index (χ2n) is 12.8. The maximum Gasteiger partial charge on any atom is 0.310 e. The first-order chi connectivity index (χ1) is 16.0. The summed E-state index contributed by atoms with van der Waals surface area (Å²) in [6.45, 7) is 4.42. The normalized spacial score (nSPS) is 51.1. The summed E-state index contributed by atoms with van der Waals surface area (Å²) >= 11 is 0. The van der Waals surface area contributed by atoms with Gasteiger partial charge in [0.15, 0.2) is 0 Å². The monoisotopic (exact) mass is 458 g/mol. The molecule has 7 rings (SSSR count). The van der Waals surface area contributed by atoms with Crippen LogP contribution in [0.25, 0.3) is 0 Å². The molecule has 1 N–H and O–H groups in total. The summed E-state index contributed by atoms with van der Waals surface area (Å²) in [5.74, 6) is 4.00. The van der Waals surface area contributed by atoms with E-state index in [0.29, 0.717) is 23.7 Å². The van der Waals surface area contributed by atoms with Crippen LogP contribution in [0.5, 0.6) is 0 Å². The molecule has 7 fully saturated rings. The molecule has 5 heteroatoms. The van der Waals surface area contributed by atoms with Crippen LogP contribution in [0, 0.1) is 65.1 Å². The lowest BCUT2D eigenvalue weighted by atomic mass is 9.54. The van der Waals surface area contributed by atoms with Gasteiger partial charge in [-0.05, 0) is 105 Å². The summed E-state index contributed by atoms with van der Waals surface area (Å²) in [4.78, 5) is 27.2. The van der Waals surface area contributed by atoms with Gasteiger partial charge in [-0.25, -0.2) is 0 Å². The molecule has 0 radical (unpaired) electrons. The van der Waals surface area contributed by atoms with Gasteiger partial charge in [-0.15, -0.1) is 0 Å². The Morgan fingerprint density at radius 3 is 1.79 bits per heavy atom. The standard InChI is InChI=1S/C28H42O5/c1-3-18-10-19(4-2)23-21-11-20(22(18)23)24(26(30)32-6-5-29)25(21)27(31)33-28-12-15-7-16(13-28)9-17(8-15)14-28/h15-25,29H,3-14H2,1-2H3. The van der Waals surface area contributed by atoms with E-state index in [2.05, 4.69) is 13.8 Å². The third kappa shape index (κ3) is 3.42. The molecule has 33 heavy (non-hydrogen) atoms. The van der Waals surface area contributed by atoms with Crippen molar-refractivity contribution in [1.82, 2.24) is 0 Å². The first-order valence-corrected chi connectivity index (χ1v) is 14.0. The number of hydrogen-bond donors (Lipinski definition) is 1. The van der Waals surface area contributed by atoms with Gasteiger partial charge >= 0.3 is 11.9 Å². The quantitative estimate of drug-likeness (QED) is 0.564. The fraction of sp³-hybridized carbons (Fsp3) is 0.929. The lowest BCUT2D eigenvalue weighted by molar-refractivity contribution is -0.198. The minimum absolute atomic E-state index is 0.0202. The van der Waals surface area contributed by atoms with E-state index in [1.807, 2.05) is 0 Å². The summed E-state index contributed by atoms with van der Waals surface area (Å²) in [6.07, 6.45) is 11.6. The van der Waals surface area contributed by atoms with Gasteiger partial charge in [0.25, 0.3) is 0 Å². The van der Waals surface area contributed by atoms with Crippen molar-refractivity contribution in [3.63, 3.8) is 0 Å². The van der Waals surface area contributed by atoms with Gasteiger partial charge < -0.3 is 14.6 Å². The fourth-order valence-electron chi connectivity index (χ4n) is 10.7. The van der Waals surface area contributed by atoms with Crippen LogP contribution in [0.1, 0.15) is 78.1 Å². The van der Waals surface area contributed by atoms with Gasteiger partial charge in [0.1, 0.15) is 12.2 Å². The molecule has 184 valence electrons. The van der Waals surface area contributed by atoms with E-state index in [0.717, 1.165) is 56.3 Å². The Balaban J connectivity index is 1.28. The van der Waals surface area contributed by atoms with Crippen LogP contribution in [0.4, 0.5) is 0 Å². The van der Waals surface area contributed by atoms with Crippen LogP contribution in [-0.2, 0) is 19.1 Å². The molecule has 8 unspecified atom stereocenters. The van der Waals surface area contributed by atoms with E-state index < -0.39 is 0 Å². The molecule has 7 aliphatic rings. The molecule has 0 heterocycles. The minimum Gasteiger partial charge on any atom is -0.463 e. The highest BCUT2D eigenvalue weighted by Gasteiger charge is 2.68. The molecular weight excluding hydrogens is 416 g/mol. The van der Waals surface area contributed by atoms with E-state index in [-0.39, 0.29) is 54.4 Å². The lowest BCUT2D eigenvalue weighted by Gasteiger charge is -2.56. The van der Waals surface area contributed by atoms with Crippen molar-refractivity contribution < 1.29 is 24.2 Å². The van der Waals surface area contributed by atoms with Crippen LogP contribution < -0.4 is 0 Å². The van der Waals surface area contributed by atoms with Gasteiger partial charge in [0.2, 0.25) is 0 Å². The number of hydrogen-bond acceptors (Lipinski definition) is 5. The van der Waals surface area contributed by atoms with Gasteiger partial charge in [-0.1, -0.05) is 26.7 Å². The van der Waals surface area contributed by atoms with Crippen molar-refractivity contribution in [3.05, 3.63) is 0 Å². The minimum atomic E-state index is -0.381. The number of carbonyl (C=O) groups is 2. The molecule has 0 aliphatic heterocycles. The van der Waals surface area contributed by atoms with Crippen molar-refractivity contribution in [1.29, 1.82) is 0 Å². The summed E-state index contributed by atoms with van der Waals surface area (Å²) in [5.41, 5.74) is -0.265. The number of fused-ring (bicyclic) bond motifs is 5. The summed E-state index contributed by atoms with van der Waals surface area (Å²) in [7, 11) is 0. The average Bonchev–Trinajstić information content (AvgIpc) is 3.45. The van der Waals surface area contributed by atoms with Gasteiger partial charge in [0, 0.05) is 0 Å². The Bertz CT molecular complexity index is 756. The Kier molecular flexibility index (Phi) is 5.59. The Labute approximate surface area is 198 Å². The van der Waals surface area contributed by atoms with Crippen molar-refractivity contribution in [2.24, 2.45) is 65.1 Å². The molecule has 0 aromatic carbocycles. The number of esters is 2. The Morgan fingerprint density at radius 2 is 1.30 bits per heavy atom. The topological polar surface area (TPSA) is 72.8 Å². The van der Waals surface area contributed by atoms with E-state index >= 15 is 0 Å². The van der Waals surface area contributed by atoms with Gasteiger partial charge in [-0.3, -0.25) is 9.59 Å². The zero-order valence-corrected chi connectivity index (χ0v) is 20.4. The summed E-state index contributed by atoms with van der Waals surface area (Å²) < 4.78 is 12.0. The molecule has 7 aliphatic carbocycles. The van der Waals surface area contributed by atoms with Crippen LogP contribution in [-0.4, -0.2) is 35.9 Å². The number of rotatable bonds is 7. The maximum absolute atomic E-state index is 14.0. The highest BCUT2D eigenvalue weighted by molar-refractivity contribution is 5.84. The van der Waals surface area contributed by atoms with Gasteiger partial charge in [0.05, 0.1) is 18.4 Å². The molecule has 5 nitrogen and oxygen atoms in total. The molecule has 0 aromatic rings. The van der Waals surface area contributed by atoms with E-state index in [9.17, 15) is 14.7 Å². The van der Waals surface area contributed by atoms with Crippen molar-refractivity contribution in [2.75, 3.05) is 13.2 Å². The molecule has 6 bridgehead atoms. The highest BCUT2D eigenvalue weighted by Crippen LogP contribution is 2.68. The molecule has 8 atom stereocenters. The molecular formula is C28H42O5. The average molecular weight is 459 g/mol. The second-order valence-corrected chi connectivity index (χ2v) is 12.8. The zero-order valence-electron chi connectivity index (χ0n) is 20.4. The predicted octanol–water partition coefficient (Wildman–Crippen LogP) is 4.60. The van der Waals surface area contributed by atoms with Crippen LogP contribution in [0.3, 0.4) is 0 Å². The highest BCUT2D eigenvalue weighted by atomic mass is 16.6. The van der Waals surface area contributed by atoms with E-state index in [1.54, 1.807) is 0 Å². The maximum atomic E-state index is 14.0. The molecule has 0 amide bonds. The zero-order chi connectivity index (χ0) is 22.9.